The van der Waals surface area contributed by atoms with Crippen molar-refractivity contribution in [3.8, 4) is 17.2 Å². The molecule has 0 saturated heterocycles. The van der Waals surface area contributed by atoms with E-state index in [1.807, 2.05) is 41.8 Å². The maximum atomic E-state index is 13.2. The standard InChI is InChI=1S/C21H16N4O3S/c1-24-10-5-8-16(24)21(27)28-12-17-23-19-18(20(26)25(17)11-9-22)15(13-29-19)14-6-3-2-4-7-14/h2-8,10,13H,11-12H2,1H3. The molecule has 7 nitrogen and oxygen atoms in total. The number of carbonyl (C=O) groups excluding carboxylic acids is 1. The summed E-state index contributed by atoms with van der Waals surface area (Å²) in [6.07, 6.45) is 1.74. The Morgan fingerprint density at radius 3 is 2.72 bits per heavy atom. The monoisotopic (exact) mass is 404 g/mol. The molecule has 3 heterocycles. The number of fused-ring (bicyclic) bond motifs is 1. The normalized spacial score (nSPS) is 10.8. The van der Waals surface area contributed by atoms with Gasteiger partial charge in [-0.3, -0.25) is 9.36 Å². The Balaban J connectivity index is 1.74. The number of nitriles is 1. The van der Waals surface area contributed by atoms with Crippen molar-refractivity contribution in [1.29, 1.82) is 5.26 Å². The second kappa shape index (κ2) is 7.73. The zero-order valence-corrected chi connectivity index (χ0v) is 16.3. The smallest absolute Gasteiger partial charge is 0.355 e. The number of benzene rings is 1. The van der Waals surface area contributed by atoms with Gasteiger partial charge < -0.3 is 9.30 Å². The Morgan fingerprint density at radius 1 is 1.24 bits per heavy atom. The lowest BCUT2D eigenvalue weighted by Gasteiger charge is -2.11. The lowest BCUT2D eigenvalue weighted by molar-refractivity contribution is 0.0446. The molecule has 0 aliphatic rings. The predicted molar refractivity (Wildman–Crippen MR) is 109 cm³/mol. The fraction of sp³-hybridized carbons (Fsp3) is 0.143. The zero-order chi connectivity index (χ0) is 20.4. The van der Waals surface area contributed by atoms with Crippen LogP contribution in [0.15, 0.2) is 58.8 Å². The first-order valence-electron chi connectivity index (χ1n) is 8.82. The van der Waals surface area contributed by atoms with Crippen LogP contribution in [0.5, 0.6) is 0 Å². The summed E-state index contributed by atoms with van der Waals surface area (Å²) in [5.74, 6) is -0.278. The molecule has 0 radical (unpaired) electrons. The van der Waals surface area contributed by atoms with E-state index in [0.29, 0.717) is 15.9 Å². The average Bonchev–Trinajstić information content (AvgIpc) is 3.35. The van der Waals surface area contributed by atoms with Gasteiger partial charge in [0, 0.05) is 24.2 Å². The van der Waals surface area contributed by atoms with Crippen molar-refractivity contribution in [2.45, 2.75) is 13.2 Å². The minimum Gasteiger partial charge on any atom is -0.453 e. The molecule has 29 heavy (non-hydrogen) atoms. The molecule has 0 aliphatic carbocycles. The molecule has 0 spiro atoms. The van der Waals surface area contributed by atoms with Gasteiger partial charge in [-0.1, -0.05) is 30.3 Å². The quantitative estimate of drug-likeness (QED) is 0.476. The zero-order valence-electron chi connectivity index (χ0n) is 15.5. The van der Waals surface area contributed by atoms with Crippen LogP contribution in [-0.4, -0.2) is 20.1 Å². The third-order valence-electron chi connectivity index (χ3n) is 4.57. The highest BCUT2D eigenvalue weighted by Crippen LogP contribution is 2.30. The van der Waals surface area contributed by atoms with E-state index in [9.17, 15) is 14.9 Å². The van der Waals surface area contributed by atoms with Gasteiger partial charge in [0.15, 0.2) is 5.82 Å². The SMILES string of the molecule is Cn1cccc1C(=O)OCc1nc2scc(-c3ccccc3)c2c(=O)n1CC#N. The van der Waals surface area contributed by atoms with Crippen LogP contribution in [0.3, 0.4) is 0 Å². The Hall–Kier alpha value is -3.70. The molecule has 0 bridgehead atoms. The summed E-state index contributed by atoms with van der Waals surface area (Å²) in [5.41, 5.74) is 1.76. The van der Waals surface area contributed by atoms with Crippen LogP contribution < -0.4 is 5.56 Å². The Bertz CT molecular complexity index is 1300. The van der Waals surface area contributed by atoms with Crippen molar-refractivity contribution >= 4 is 27.5 Å². The fourth-order valence-electron chi connectivity index (χ4n) is 3.12. The predicted octanol–water partition coefficient (Wildman–Crippen LogP) is 3.34. The highest BCUT2D eigenvalue weighted by molar-refractivity contribution is 7.17. The number of aryl methyl sites for hydroxylation is 1. The van der Waals surface area contributed by atoms with E-state index in [1.165, 1.54) is 15.9 Å². The molecule has 0 unspecified atom stereocenters. The summed E-state index contributed by atoms with van der Waals surface area (Å²) in [6.45, 7) is -0.377. The summed E-state index contributed by atoms with van der Waals surface area (Å²) in [5, 5.41) is 11.5. The van der Waals surface area contributed by atoms with E-state index in [2.05, 4.69) is 4.98 Å². The lowest BCUT2D eigenvalue weighted by atomic mass is 10.1. The Labute approximate surface area is 170 Å². The molecule has 0 saturated carbocycles. The summed E-state index contributed by atoms with van der Waals surface area (Å²) in [4.78, 5) is 30.5. The largest absolute Gasteiger partial charge is 0.453 e. The first kappa shape index (κ1) is 18.7. The van der Waals surface area contributed by atoms with Crippen LogP contribution in [-0.2, 0) is 24.9 Å². The van der Waals surface area contributed by atoms with E-state index < -0.39 is 5.97 Å². The highest BCUT2D eigenvalue weighted by Gasteiger charge is 2.19. The summed E-state index contributed by atoms with van der Waals surface area (Å²) in [6, 6.07) is 14.9. The van der Waals surface area contributed by atoms with E-state index in [-0.39, 0.29) is 24.5 Å². The van der Waals surface area contributed by atoms with Crippen molar-refractivity contribution in [2.75, 3.05) is 0 Å². The average molecular weight is 404 g/mol. The molecule has 4 aromatic rings. The molecule has 0 N–H and O–H groups in total. The van der Waals surface area contributed by atoms with Gasteiger partial charge in [-0.2, -0.15) is 5.26 Å². The molecule has 4 rings (SSSR count). The van der Waals surface area contributed by atoms with Crippen LogP contribution in [0.1, 0.15) is 16.3 Å². The highest BCUT2D eigenvalue weighted by atomic mass is 32.1. The fourth-order valence-corrected chi connectivity index (χ4v) is 4.07. The number of rotatable bonds is 5. The van der Waals surface area contributed by atoms with Crippen LogP contribution in [0, 0.1) is 11.3 Å². The molecule has 144 valence electrons. The molecule has 0 amide bonds. The van der Waals surface area contributed by atoms with E-state index in [1.54, 1.807) is 29.9 Å². The van der Waals surface area contributed by atoms with Crippen LogP contribution in [0.4, 0.5) is 0 Å². The van der Waals surface area contributed by atoms with Crippen molar-refractivity contribution in [1.82, 2.24) is 14.1 Å². The number of esters is 1. The molecule has 1 aromatic carbocycles. The number of ether oxygens (including phenoxy) is 1. The molecule has 8 heteroatoms. The number of thiophene rings is 1. The molecule has 0 atom stereocenters. The van der Waals surface area contributed by atoms with Gasteiger partial charge in [0.1, 0.15) is 23.7 Å². The second-order valence-electron chi connectivity index (χ2n) is 6.35. The number of carbonyl (C=O) groups is 1. The molecule has 0 fully saturated rings. The van der Waals surface area contributed by atoms with Crippen LogP contribution >= 0.6 is 11.3 Å². The number of aromatic nitrogens is 3. The van der Waals surface area contributed by atoms with Gasteiger partial charge in [-0.15, -0.1) is 11.3 Å². The first-order chi connectivity index (χ1) is 14.1. The number of hydrogen-bond donors (Lipinski definition) is 0. The summed E-state index contributed by atoms with van der Waals surface area (Å²) in [7, 11) is 1.74. The molecular formula is C21H16N4O3S. The minimum absolute atomic E-state index is 0.178. The molecular weight excluding hydrogens is 388 g/mol. The van der Waals surface area contributed by atoms with Crippen molar-refractivity contribution in [3.63, 3.8) is 0 Å². The van der Waals surface area contributed by atoms with Gasteiger partial charge in [0.2, 0.25) is 0 Å². The molecule has 0 aliphatic heterocycles. The maximum absolute atomic E-state index is 13.2. The number of hydrogen-bond acceptors (Lipinski definition) is 6. The molecule has 3 aromatic heterocycles. The minimum atomic E-state index is -0.522. The van der Waals surface area contributed by atoms with Crippen LogP contribution in [0.25, 0.3) is 21.3 Å². The Morgan fingerprint density at radius 2 is 2.03 bits per heavy atom. The van der Waals surface area contributed by atoms with Gasteiger partial charge in [-0.05, 0) is 17.7 Å². The lowest BCUT2D eigenvalue weighted by Crippen LogP contribution is -2.26. The topological polar surface area (TPSA) is 89.9 Å². The van der Waals surface area contributed by atoms with Gasteiger partial charge >= 0.3 is 5.97 Å². The van der Waals surface area contributed by atoms with Crippen molar-refractivity contribution in [2.24, 2.45) is 7.05 Å². The second-order valence-corrected chi connectivity index (χ2v) is 7.21. The van der Waals surface area contributed by atoms with E-state index in [4.69, 9.17) is 4.74 Å². The van der Waals surface area contributed by atoms with E-state index >= 15 is 0 Å². The maximum Gasteiger partial charge on any atom is 0.355 e. The van der Waals surface area contributed by atoms with Gasteiger partial charge in [0.05, 0.1) is 11.5 Å². The summed E-state index contributed by atoms with van der Waals surface area (Å²) < 4.78 is 8.26. The van der Waals surface area contributed by atoms with Crippen LogP contribution in [0.2, 0.25) is 0 Å². The van der Waals surface area contributed by atoms with Crippen molar-refractivity contribution < 1.29 is 9.53 Å². The first-order valence-corrected chi connectivity index (χ1v) is 9.70. The summed E-state index contributed by atoms with van der Waals surface area (Å²) >= 11 is 1.35. The third kappa shape index (κ3) is 3.44. The third-order valence-corrected chi connectivity index (χ3v) is 5.44. The van der Waals surface area contributed by atoms with E-state index in [0.717, 1.165) is 11.1 Å². The van der Waals surface area contributed by atoms with Gasteiger partial charge in [-0.25, -0.2) is 9.78 Å². The Kier molecular flexibility index (Phi) is 4.97. The van der Waals surface area contributed by atoms with Crippen molar-refractivity contribution in [3.05, 3.63) is 75.9 Å². The van der Waals surface area contributed by atoms with Gasteiger partial charge in [0.25, 0.3) is 5.56 Å². The number of nitrogens with zero attached hydrogens (tertiary/aromatic N) is 4.